The number of halogens is 3. The monoisotopic (exact) mass is 367 g/mol. The van der Waals surface area contributed by atoms with E-state index in [0.29, 0.717) is 16.0 Å². The fourth-order valence-corrected chi connectivity index (χ4v) is 3.54. The first-order valence-electron chi connectivity index (χ1n) is 7.08. The summed E-state index contributed by atoms with van der Waals surface area (Å²) in [6.45, 7) is 2.83. The molecule has 0 bridgehead atoms. The van der Waals surface area contributed by atoms with E-state index in [-0.39, 0.29) is 16.9 Å². The Morgan fingerprint density at radius 3 is 2.81 bits per heavy atom. The second-order valence-electron chi connectivity index (χ2n) is 5.31. The molecule has 4 heteroatoms. The number of rotatable bonds is 4. The highest BCUT2D eigenvalue weighted by Gasteiger charge is 2.34. The van der Waals surface area contributed by atoms with E-state index in [9.17, 15) is 4.39 Å². The summed E-state index contributed by atoms with van der Waals surface area (Å²) >= 11 is 9.31. The molecule has 2 unspecified atom stereocenters. The SMILES string of the molecule is CCNC(c1ccc(Br)c(Cl)c1F)C1Cc2ccccc21. The van der Waals surface area contributed by atoms with Crippen molar-refractivity contribution in [1.82, 2.24) is 5.32 Å². The molecule has 2 aromatic rings. The van der Waals surface area contributed by atoms with E-state index in [4.69, 9.17) is 11.6 Å². The number of hydrogen-bond acceptors (Lipinski definition) is 1. The van der Waals surface area contributed by atoms with Gasteiger partial charge in [-0.15, -0.1) is 0 Å². The molecule has 3 rings (SSSR count). The van der Waals surface area contributed by atoms with Crippen LogP contribution in [0.1, 0.15) is 35.6 Å². The third-order valence-corrected chi connectivity index (χ3v) is 5.38. The molecule has 1 N–H and O–H groups in total. The van der Waals surface area contributed by atoms with Crippen LogP contribution in [0.5, 0.6) is 0 Å². The Morgan fingerprint density at radius 2 is 2.10 bits per heavy atom. The van der Waals surface area contributed by atoms with Gasteiger partial charge in [0.25, 0.3) is 0 Å². The average molecular weight is 369 g/mol. The van der Waals surface area contributed by atoms with Crippen LogP contribution < -0.4 is 5.32 Å². The van der Waals surface area contributed by atoms with Crippen LogP contribution in [0, 0.1) is 5.82 Å². The van der Waals surface area contributed by atoms with Crippen LogP contribution in [-0.4, -0.2) is 6.54 Å². The van der Waals surface area contributed by atoms with Gasteiger partial charge in [-0.05, 0) is 46.1 Å². The van der Waals surface area contributed by atoms with Gasteiger partial charge in [-0.3, -0.25) is 0 Å². The van der Waals surface area contributed by atoms with Gasteiger partial charge < -0.3 is 5.32 Å². The molecule has 0 aromatic heterocycles. The molecule has 1 aliphatic rings. The smallest absolute Gasteiger partial charge is 0.147 e. The Bertz CT molecular complexity index is 674. The molecule has 2 aromatic carbocycles. The number of hydrogen-bond donors (Lipinski definition) is 1. The quantitative estimate of drug-likeness (QED) is 0.728. The van der Waals surface area contributed by atoms with Crippen molar-refractivity contribution in [3.8, 4) is 0 Å². The maximum Gasteiger partial charge on any atom is 0.147 e. The highest BCUT2D eigenvalue weighted by atomic mass is 79.9. The summed E-state index contributed by atoms with van der Waals surface area (Å²) < 4.78 is 15.1. The van der Waals surface area contributed by atoms with Gasteiger partial charge in [0.1, 0.15) is 5.82 Å². The molecule has 0 fully saturated rings. The molecule has 0 saturated carbocycles. The Hall–Kier alpha value is -0.900. The normalized spacial score (nSPS) is 18.0. The minimum atomic E-state index is -0.332. The van der Waals surface area contributed by atoms with E-state index >= 15 is 0 Å². The van der Waals surface area contributed by atoms with E-state index < -0.39 is 0 Å². The van der Waals surface area contributed by atoms with Crippen molar-refractivity contribution < 1.29 is 4.39 Å². The summed E-state index contributed by atoms with van der Waals surface area (Å²) in [7, 11) is 0. The third-order valence-electron chi connectivity index (χ3n) is 4.12. The van der Waals surface area contributed by atoms with Crippen molar-refractivity contribution in [2.45, 2.75) is 25.3 Å². The predicted octanol–water partition coefficient (Wildman–Crippen LogP) is 5.23. The molecule has 0 radical (unpaired) electrons. The average Bonchev–Trinajstić information content (AvgIpc) is 2.46. The molecule has 0 saturated heterocycles. The minimum Gasteiger partial charge on any atom is -0.310 e. The lowest BCUT2D eigenvalue weighted by molar-refractivity contribution is 0.405. The van der Waals surface area contributed by atoms with E-state index in [0.717, 1.165) is 13.0 Å². The van der Waals surface area contributed by atoms with Crippen LogP contribution in [0.4, 0.5) is 4.39 Å². The van der Waals surface area contributed by atoms with Gasteiger partial charge in [0, 0.05) is 22.0 Å². The second kappa shape index (κ2) is 6.07. The van der Waals surface area contributed by atoms with Crippen LogP contribution in [0.2, 0.25) is 5.02 Å². The Balaban J connectivity index is 1.99. The highest BCUT2D eigenvalue weighted by Crippen LogP contribution is 2.45. The molecule has 1 nitrogen and oxygen atoms in total. The van der Waals surface area contributed by atoms with Gasteiger partial charge in [0.2, 0.25) is 0 Å². The summed E-state index contributed by atoms with van der Waals surface area (Å²) in [6.07, 6.45) is 0.973. The fourth-order valence-electron chi connectivity index (χ4n) is 3.06. The maximum atomic E-state index is 14.5. The van der Waals surface area contributed by atoms with Crippen LogP contribution in [0.15, 0.2) is 40.9 Å². The lowest BCUT2D eigenvalue weighted by Gasteiger charge is -2.37. The van der Waals surface area contributed by atoms with E-state index in [1.165, 1.54) is 11.1 Å². The standard InChI is InChI=1S/C17H16BrClFN/c1-2-21-17(12-7-8-14(18)15(19)16(12)20)13-9-10-5-3-4-6-11(10)13/h3-8,13,17,21H,2,9H2,1H3. The molecule has 110 valence electrons. The van der Waals surface area contributed by atoms with E-state index in [1.54, 1.807) is 0 Å². The third kappa shape index (κ3) is 2.63. The van der Waals surface area contributed by atoms with Gasteiger partial charge >= 0.3 is 0 Å². The van der Waals surface area contributed by atoms with Crippen molar-refractivity contribution in [3.63, 3.8) is 0 Å². The first kappa shape index (κ1) is 15.0. The van der Waals surface area contributed by atoms with Crippen molar-refractivity contribution in [2.24, 2.45) is 0 Å². The lowest BCUT2D eigenvalue weighted by atomic mass is 9.71. The van der Waals surface area contributed by atoms with E-state index in [2.05, 4.69) is 33.4 Å². The zero-order chi connectivity index (χ0) is 15.0. The first-order valence-corrected chi connectivity index (χ1v) is 8.25. The summed E-state index contributed by atoms with van der Waals surface area (Å²) in [5.74, 6) is -0.0331. The van der Waals surface area contributed by atoms with Crippen molar-refractivity contribution in [3.05, 3.63) is 68.4 Å². The number of likely N-dealkylation sites (N-methyl/N-ethyl adjacent to an activating group) is 1. The molecule has 2 atom stereocenters. The Morgan fingerprint density at radius 1 is 1.33 bits per heavy atom. The van der Waals surface area contributed by atoms with Gasteiger partial charge in [-0.25, -0.2) is 4.39 Å². The highest BCUT2D eigenvalue weighted by molar-refractivity contribution is 9.10. The van der Waals surface area contributed by atoms with Gasteiger partial charge in [0.15, 0.2) is 0 Å². The van der Waals surface area contributed by atoms with Crippen molar-refractivity contribution in [1.29, 1.82) is 0 Å². The second-order valence-corrected chi connectivity index (χ2v) is 6.54. The predicted molar refractivity (Wildman–Crippen MR) is 88.4 cm³/mol. The van der Waals surface area contributed by atoms with Crippen molar-refractivity contribution >= 4 is 27.5 Å². The molecular formula is C17H16BrClFN. The molecule has 21 heavy (non-hydrogen) atoms. The van der Waals surface area contributed by atoms with Gasteiger partial charge in [0.05, 0.1) is 5.02 Å². The van der Waals surface area contributed by atoms with E-state index in [1.807, 2.05) is 31.2 Å². The van der Waals surface area contributed by atoms with Crippen LogP contribution in [-0.2, 0) is 6.42 Å². The zero-order valence-electron chi connectivity index (χ0n) is 11.7. The largest absolute Gasteiger partial charge is 0.310 e. The van der Waals surface area contributed by atoms with Crippen LogP contribution in [0.3, 0.4) is 0 Å². The summed E-state index contributed by atoms with van der Waals surface area (Å²) in [6, 6.07) is 11.9. The molecule has 0 heterocycles. The number of benzene rings is 2. The molecular weight excluding hydrogens is 353 g/mol. The van der Waals surface area contributed by atoms with Crippen LogP contribution in [0.25, 0.3) is 0 Å². The Kier molecular flexibility index (Phi) is 4.34. The number of nitrogens with one attached hydrogen (secondary N) is 1. The number of fused-ring (bicyclic) bond motifs is 1. The molecule has 0 aliphatic heterocycles. The zero-order valence-corrected chi connectivity index (χ0v) is 14.0. The summed E-state index contributed by atoms with van der Waals surface area (Å²) in [5, 5.41) is 3.57. The first-order chi connectivity index (χ1) is 10.1. The van der Waals surface area contributed by atoms with Crippen LogP contribution >= 0.6 is 27.5 Å². The molecule has 0 amide bonds. The Labute approximate surface area is 137 Å². The minimum absolute atomic E-state index is 0.0458. The molecule has 1 aliphatic carbocycles. The summed E-state index contributed by atoms with van der Waals surface area (Å²) in [4.78, 5) is 0. The van der Waals surface area contributed by atoms with Crippen molar-refractivity contribution in [2.75, 3.05) is 6.54 Å². The lowest BCUT2D eigenvalue weighted by Crippen LogP contribution is -2.33. The molecule has 0 spiro atoms. The topological polar surface area (TPSA) is 12.0 Å². The summed E-state index contributed by atoms with van der Waals surface area (Å²) in [5.41, 5.74) is 3.31. The fraction of sp³-hybridized carbons (Fsp3) is 0.294. The van der Waals surface area contributed by atoms with Gasteiger partial charge in [-0.2, -0.15) is 0 Å². The van der Waals surface area contributed by atoms with Gasteiger partial charge in [-0.1, -0.05) is 48.9 Å². The maximum absolute atomic E-state index is 14.5.